The number of aryl methyl sites for hydroxylation is 2. The minimum absolute atomic E-state index is 0.0129. The van der Waals surface area contributed by atoms with Crippen LogP contribution in [0.5, 0.6) is 0 Å². The molecule has 1 aliphatic rings. The molecule has 0 saturated heterocycles. The molecule has 8 nitrogen and oxygen atoms in total. The van der Waals surface area contributed by atoms with E-state index in [0.717, 1.165) is 19.3 Å². The molecule has 0 fully saturated rings. The van der Waals surface area contributed by atoms with E-state index in [9.17, 15) is 4.79 Å². The zero-order valence-electron chi connectivity index (χ0n) is 13.6. The standard InChI is InChI=1S/C17H18N6O2/c24-14(20-13-7-3-5-11-4-1-2-6-12(11)13)8-9-15-21-17(23-25-15)16-18-10-19-22-16/h1-2,4,6,10,13H,3,5,7-9H2,(H,20,24)(H,18,19,22). The monoisotopic (exact) mass is 338 g/mol. The van der Waals surface area contributed by atoms with Crippen molar-refractivity contribution in [3.8, 4) is 11.6 Å². The number of hydrogen-bond acceptors (Lipinski definition) is 6. The lowest BCUT2D eigenvalue weighted by atomic mass is 9.87. The lowest BCUT2D eigenvalue weighted by Crippen LogP contribution is -2.31. The first-order valence-electron chi connectivity index (χ1n) is 8.35. The SMILES string of the molecule is O=C(CCc1nc(-c2ncn[nH]2)no1)NC1CCCc2ccccc21. The Labute approximate surface area is 144 Å². The molecule has 0 radical (unpaired) electrons. The third kappa shape index (κ3) is 3.42. The van der Waals surface area contributed by atoms with Gasteiger partial charge in [-0.15, -0.1) is 0 Å². The molecule has 2 N–H and O–H groups in total. The number of nitrogens with zero attached hydrogens (tertiary/aromatic N) is 4. The molecule has 8 heteroatoms. The van der Waals surface area contributed by atoms with Gasteiger partial charge in [0.15, 0.2) is 5.82 Å². The van der Waals surface area contributed by atoms with Crippen LogP contribution in [0.25, 0.3) is 11.6 Å². The summed E-state index contributed by atoms with van der Waals surface area (Å²) in [5, 5.41) is 13.4. The average molecular weight is 338 g/mol. The number of fused-ring (bicyclic) bond motifs is 1. The lowest BCUT2D eigenvalue weighted by molar-refractivity contribution is -0.122. The van der Waals surface area contributed by atoms with Crippen molar-refractivity contribution in [1.29, 1.82) is 0 Å². The molecule has 0 bridgehead atoms. The third-order valence-corrected chi connectivity index (χ3v) is 4.37. The maximum atomic E-state index is 12.3. The van der Waals surface area contributed by atoms with E-state index in [1.54, 1.807) is 0 Å². The van der Waals surface area contributed by atoms with Crippen LogP contribution in [0.3, 0.4) is 0 Å². The summed E-state index contributed by atoms with van der Waals surface area (Å²) in [6.45, 7) is 0. The second-order valence-corrected chi connectivity index (χ2v) is 6.06. The van der Waals surface area contributed by atoms with Gasteiger partial charge in [0, 0.05) is 12.8 Å². The van der Waals surface area contributed by atoms with Crippen LogP contribution in [0.4, 0.5) is 0 Å². The molecule has 2 heterocycles. The number of hydrogen-bond donors (Lipinski definition) is 2. The van der Waals surface area contributed by atoms with Gasteiger partial charge in [0.2, 0.25) is 17.6 Å². The number of carbonyl (C=O) groups is 1. The van der Waals surface area contributed by atoms with Gasteiger partial charge in [-0.05, 0) is 30.4 Å². The van der Waals surface area contributed by atoms with Gasteiger partial charge in [0.05, 0.1) is 6.04 Å². The van der Waals surface area contributed by atoms with Crippen molar-refractivity contribution < 1.29 is 9.32 Å². The van der Waals surface area contributed by atoms with Crippen LogP contribution in [0, 0.1) is 0 Å². The minimum Gasteiger partial charge on any atom is -0.349 e. The first kappa shape index (κ1) is 15.5. The van der Waals surface area contributed by atoms with Gasteiger partial charge >= 0.3 is 0 Å². The molecule has 1 amide bonds. The molecule has 0 saturated carbocycles. The highest BCUT2D eigenvalue weighted by atomic mass is 16.5. The highest BCUT2D eigenvalue weighted by Crippen LogP contribution is 2.29. The molecule has 2 aromatic heterocycles. The molecular weight excluding hydrogens is 320 g/mol. The number of aromatic amines is 1. The maximum Gasteiger partial charge on any atom is 0.239 e. The molecule has 0 aliphatic heterocycles. The average Bonchev–Trinajstić information content (AvgIpc) is 3.32. The predicted octanol–water partition coefficient (Wildman–Crippen LogP) is 1.98. The Bertz CT molecular complexity index is 858. The molecule has 128 valence electrons. The molecule has 25 heavy (non-hydrogen) atoms. The number of H-pyrrole nitrogens is 1. The Morgan fingerprint density at radius 3 is 3.16 bits per heavy atom. The third-order valence-electron chi connectivity index (χ3n) is 4.37. The smallest absolute Gasteiger partial charge is 0.239 e. The van der Waals surface area contributed by atoms with E-state index in [1.807, 2.05) is 12.1 Å². The Hall–Kier alpha value is -3.03. The van der Waals surface area contributed by atoms with E-state index < -0.39 is 0 Å². The lowest BCUT2D eigenvalue weighted by Gasteiger charge is -2.26. The highest BCUT2D eigenvalue weighted by Gasteiger charge is 2.21. The van der Waals surface area contributed by atoms with Crippen LogP contribution >= 0.6 is 0 Å². The summed E-state index contributed by atoms with van der Waals surface area (Å²) >= 11 is 0. The summed E-state index contributed by atoms with van der Waals surface area (Å²) in [6, 6.07) is 8.39. The van der Waals surface area contributed by atoms with Gasteiger partial charge in [0.1, 0.15) is 6.33 Å². The maximum absolute atomic E-state index is 12.3. The van der Waals surface area contributed by atoms with Gasteiger partial charge in [-0.1, -0.05) is 29.4 Å². The second kappa shape index (κ2) is 6.84. The number of amides is 1. The normalized spacial score (nSPS) is 16.4. The number of aromatic nitrogens is 5. The van der Waals surface area contributed by atoms with E-state index in [-0.39, 0.29) is 11.9 Å². The van der Waals surface area contributed by atoms with Gasteiger partial charge in [0.25, 0.3) is 0 Å². The summed E-state index contributed by atoms with van der Waals surface area (Å²) in [7, 11) is 0. The Morgan fingerprint density at radius 1 is 1.36 bits per heavy atom. The topological polar surface area (TPSA) is 110 Å². The van der Waals surface area contributed by atoms with E-state index in [0.29, 0.717) is 30.4 Å². The van der Waals surface area contributed by atoms with Crippen molar-refractivity contribution in [2.75, 3.05) is 0 Å². The molecular formula is C17H18N6O2. The van der Waals surface area contributed by atoms with Crippen LogP contribution < -0.4 is 5.32 Å². The van der Waals surface area contributed by atoms with Crippen molar-refractivity contribution in [2.45, 2.75) is 38.1 Å². The number of rotatable bonds is 5. The van der Waals surface area contributed by atoms with Crippen molar-refractivity contribution in [1.82, 2.24) is 30.6 Å². The molecule has 1 aromatic carbocycles. The molecule has 1 unspecified atom stereocenters. The number of carbonyl (C=O) groups excluding carboxylic acids is 1. The van der Waals surface area contributed by atoms with Crippen molar-refractivity contribution >= 4 is 5.91 Å². The van der Waals surface area contributed by atoms with Crippen molar-refractivity contribution in [3.05, 3.63) is 47.6 Å². The van der Waals surface area contributed by atoms with E-state index in [1.165, 1.54) is 17.5 Å². The Morgan fingerprint density at radius 2 is 2.28 bits per heavy atom. The molecule has 0 spiro atoms. The fraction of sp³-hybridized carbons (Fsp3) is 0.353. The summed E-state index contributed by atoms with van der Waals surface area (Å²) in [5.41, 5.74) is 2.56. The Kier molecular flexibility index (Phi) is 4.24. The van der Waals surface area contributed by atoms with Crippen LogP contribution in [0.15, 0.2) is 35.1 Å². The fourth-order valence-electron chi connectivity index (χ4n) is 3.16. The van der Waals surface area contributed by atoms with Crippen molar-refractivity contribution in [3.63, 3.8) is 0 Å². The molecule has 1 atom stereocenters. The van der Waals surface area contributed by atoms with Crippen LogP contribution in [0.1, 0.15) is 42.3 Å². The Balaban J connectivity index is 1.34. The first-order valence-corrected chi connectivity index (χ1v) is 8.35. The van der Waals surface area contributed by atoms with Gasteiger partial charge in [-0.25, -0.2) is 4.98 Å². The predicted molar refractivity (Wildman–Crippen MR) is 88.3 cm³/mol. The zero-order valence-corrected chi connectivity index (χ0v) is 13.6. The highest BCUT2D eigenvalue weighted by molar-refractivity contribution is 5.76. The summed E-state index contributed by atoms with van der Waals surface area (Å²) in [6.07, 6.45) is 5.21. The first-order chi connectivity index (χ1) is 12.3. The van der Waals surface area contributed by atoms with Crippen LogP contribution in [-0.2, 0) is 17.6 Å². The quantitative estimate of drug-likeness (QED) is 0.736. The zero-order chi connectivity index (χ0) is 17.1. The van der Waals surface area contributed by atoms with Crippen molar-refractivity contribution in [2.24, 2.45) is 0 Å². The van der Waals surface area contributed by atoms with Gasteiger partial charge in [-0.3, -0.25) is 9.89 Å². The molecule has 3 aromatic rings. The van der Waals surface area contributed by atoms with Gasteiger partial charge in [-0.2, -0.15) is 10.1 Å². The molecule has 4 rings (SSSR count). The summed E-state index contributed by atoms with van der Waals surface area (Å²) < 4.78 is 5.16. The van der Waals surface area contributed by atoms with Crippen LogP contribution in [-0.4, -0.2) is 31.2 Å². The second-order valence-electron chi connectivity index (χ2n) is 6.06. The fourth-order valence-corrected chi connectivity index (χ4v) is 3.16. The summed E-state index contributed by atoms with van der Waals surface area (Å²) in [5.74, 6) is 1.18. The molecule has 1 aliphatic carbocycles. The van der Waals surface area contributed by atoms with Gasteiger partial charge < -0.3 is 9.84 Å². The van der Waals surface area contributed by atoms with Crippen LogP contribution in [0.2, 0.25) is 0 Å². The van der Waals surface area contributed by atoms with E-state index >= 15 is 0 Å². The number of benzene rings is 1. The summed E-state index contributed by atoms with van der Waals surface area (Å²) in [4.78, 5) is 20.5. The van der Waals surface area contributed by atoms with E-state index in [2.05, 4.69) is 42.8 Å². The largest absolute Gasteiger partial charge is 0.349 e. The van der Waals surface area contributed by atoms with E-state index in [4.69, 9.17) is 4.52 Å². The number of nitrogens with one attached hydrogen (secondary N) is 2. The minimum atomic E-state index is -0.0129.